The number of rotatable bonds is 8. The van der Waals surface area contributed by atoms with E-state index in [2.05, 4.69) is 10.6 Å². The van der Waals surface area contributed by atoms with E-state index >= 15 is 0 Å². The summed E-state index contributed by atoms with van der Waals surface area (Å²) in [4.78, 5) is 11.5. The van der Waals surface area contributed by atoms with Crippen molar-refractivity contribution in [3.05, 3.63) is 35.9 Å². The lowest BCUT2D eigenvalue weighted by atomic mass is 10.1. The molecule has 5 heteroatoms. The third kappa shape index (κ3) is 6.33. The van der Waals surface area contributed by atoms with Gasteiger partial charge in [0.15, 0.2) is 0 Å². The number of hydrogen-bond donors (Lipinski definition) is 3. The molecule has 106 valence electrons. The first kappa shape index (κ1) is 15.6. The number of amides is 1. The summed E-state index contributed by atoms with van der Waals surface area (Å²) in [5.74, 6) is -0.107. The number of methoxy groups -OCH3 is 1. The summed E-state index contributed by atoms with van der Waals surface area (Å²) in [5, 5.41) is 15.6. The Balaban J connectivity index is 2.21. The minimum atomic E-state index is -0.606. The largest absolute Gasteiger partial charge is 0.387 e. The summed E-state index contributed by atoms with van der Waals surface area (Å²) >= 11 is 0. The number of ether oxygens (including phenoxy) is 1. The average molecular weight is 266 g/mol. The van der Waals surface area contributed by atoms with Crippen LogP contribution in [0.15, 0.2) is 30.3 Å². The van der Waals surface area contributed by atoms with Crippen molar-refractivity contribution in [1.29, 1.82) is 0 Å². The molecule has 3 N–H and O–H groups in total. The van der Waals surface area contributed by atoms with Crippen molar-refractivity contribution in [3.63, 3.8) is 0 Å². The molecule has 5 nitrogen and oxygen atoms in total. The third-order valence-corrected chi connectivity index (χ3v) is 2.63. The van der Waals surface area contributed by atoms with Crippen LogP contribution in [0.2, 0.25) is 0 Å². The second-order valence-corrected chi connectivity index (χ2v) is 4.48. The molecule has 0 saturated heterocycles. The number of aliphatic hydroxyl groups is 1. The Hall–Kier alpha value is -1.43. The average Bonchev–Trinajstić information content (AvgIpc) is 2.39. The highest BCUT2D eigenvalue weighted by molar-refractivity contribution is 5.78. The van der Waals surface area contributed by atoms with Gasteiger partial charge < -0.3 is 20.5 Å². The van der Waals surface area contributed by atoms with Crippen LogP contribution in [0.25, 0.3) is 0 Å². The molecule has 2 atom stereocenters. The lowest BCUT2D eigenvalue weighted by Crippen LogP contribution is -2.41. The molecule has 1 rings (SSSR count). The van der Waals surface area contributed by atoms with Gasteiger partial charge in [-0.3, -0.25) is 4.79 Å². The second-order valence-electron chi connectivity index (χ2n) is 4.48. The Morgan fingerprint density at radius 2 is 2.05 bits per heavy atom. The van der Waals surface area contributed by atoms with Crippen LogP contribution in [0.1, 0.15) is 18.6 Å². The Labute approximate surface area is 114 Å². The van der Waals surface area contributed by atoms with Crippen molar-refractivity contribution in [2.24, 2.45) is 0 Å². The van der Waals surface area contributed by atoms with Crippen molar-refractivity contribution in [1.82, 2.24) is 10.6 Å². The van der Waals surface area contributed by atoms with Gasteiger partial charge in [-0.1, -0.05) is 30.3 Å². The molecule has 0 aliphatic carbocycles. The first-order chi connectivity index (χ1) is 9.13. The maximum atomic E-state index is 11.5. The number of aliphatic hydroxyl groups excluding tert-OH is 1. The summed E-state index contributed by atoms with van der Waals surface area (Å²) in [6, 6.07) is 9.34. The predicted octanol–water partition coefficient (Wildman–Crippen LogP) is 0.461. The maximum absolute atomic E-state index is 11.5. The van der Waals surface area contributed by atoms with Gasteiger partial charge in [0.05, 0.1) is 19.3 Å². The molecule has 1 aromatic rings. The van der Waals surface area contributed by atoms with Gasteiger partial charge in [0.25, 0.3) is 0 Å². The lowest BCUT2D eigenvalue weighted by molar-refractivity contribution is -0.121. The van der Waals surface area contributed by atoms with E-state index in [0.29, 0.717) is 13.2 Å². The third-order valence-electron chi connectivity index (χ3n) is 2.63. The van der Waals surface area contributed by atoms with E-state index in [-0.39, 0.29) is 18.5 Å². The van der Waals surface area contributed by atoms with Crippen molar-refractivity contribution in [2.45, 2.75) is 19.1 Å². The molecule has 0 spiro atoms. The van der Waals surface area contributed by atoms with Crippen molar-refractivity contribution >= 4 is 5.91 Å². The number of nitrogens with one attached hydrogen (secondary N) is 2. The molecule has 0 bridgehead atoms. The Morgan fingerprint density at radius 1 is 1.37 bits per heavy atom. The number of carbonyl (C=O) groups is 1. The lowest BCUT2D eigenvalue weighted by Gasteiger charge is -2.14. The Bertz CT molecular complexity index is 370. The molecule has 0 heterocycles. The zero-order chi connectivity index (χ0) is 14.1. The summed E-state index contributed by atoms with van der Waals surface area (Å²) in [6.45, 7) is 2.88. The summed E-state index contributed by atoms with van der Waals surface area (Å²) in [6.07, 6.45) is -0.606. The molecular formula is C14H22N2O3. The molecule has 1 amide bonds. The zero-order valence-electron chi connectivity index (χ0n) is 11.4. The van der Waals surface area contributed by atoms with E-state index < -0.39 is 6.10 Å². The van der Waals surface area contributed by atoms with Crippen molar-refractivity contribution in [2.75, 3.05) is 26.8 Å². The zero-order valence-corrected chi connectivity index (χ0v) is 11.4. The molecular weight excluding hydrogens is 244 g/mol. The van der Waals surface area contributed by atoms with Crippen LogP contribution in [-0.2, 0) is 9.53 Å². The van der Waals surface area contributed by atoms with E-state index in [4.69, 9.17) is 4.74 Å². The van der Waals surface area contributed by atoms with Gasteiger partial charge in [0.1, 0.15) is 0 Å². The normalized spacial score (nSPS) is 13.8. The van der Waals surface area contributed by atoms with Gasteiger partial charge in [-0.25, -0.2) is 0 Å². The summed E-state index contributed by atoms with van der Waals surface area (Å²) < 4.78 is 4.93. The smallest absolute Gasteiger partial charge is 0.234 e. The standard InChI is InChI=1S/C14H22N2O3/c1-11(10-19-2)16-14(18)9-15-8-13(17)12-6-4-3-5-7-12/h3-7,11,13,15,17H,8-10H2,1-2H3,(H,16,18). The van der Waals surface area contributed by atoms with Crippen LogP contribution >= 0.6 is 0 Å². The fraction of sp³-hybridized carbons (Fsp3) is 0.500. The molecule has 0 aliphatic rings. The van der Waals surface area contributed by atoms with Crippen LogP contribution in [0.3, 0.4) is 0 Å². The van der Waals surface area contributed by atoms with Crippen LogP contribution in [0, 0.1) is 0 Å². The molecule has 1 aromatic carbocycles. The first-order valence-electron chi connectivity index (χ1n) is 6.35. The van der Waals surface area contributed by atoms with Gasteiger partial charge in [0.2, 0.25) is 5.91 Å². The summed E-state index contributed by atoms with van der Waals surface area (Å²) in [5.41, 5.74) is 0.836. The molecule has 2 unspecified atom stereocenters. The van der Waals surface area contributed by atoms with E-state index in [9.17, 15) is 9.90 Å². The van der Waals surface area contributed by atoms with Crippen LogP contribution in [0.4, 0.5) is 0 Å². The van der Waals surface area contributed by atoms with Crippen LogP contribution < -0.4 is 10.6 Å². The van der Waals surface area contributed by atoms with Gasteiger partial charge in [-0.05, 0) is 12.5 Å². The number of benzene rings is 1. The van der Waals surface area contributed by atoms with E-state index in [1.165, 1.54) is 0 Å². The van der Waals surface area contributed by atoms with Crippen molar-refractivity contribution < 1.29 is 14.6 Å². The molecule has 0 fully saturated rings. The fourth-order valence-corrected chi connectivity index (χ4v) is 1.73. The predicted molar refractivity (Wildman–Crippen MR) is 73.8 cm³/mol. The Kier molecular flexibility index (Phi) is 7.10. The summed E-state index contributed by atoms with van der Waals surface area (Å²) in [7, 11) is 1.59. The quantitative estimate of drug-likeness (QED) is 0.639. The van der Waals surface area contributed by atoms with E-state index in [0.717, 1.165) is 5.56 Å². The topological polar surface area (TPSA) is 70.6 Å². The van der Waals surface area contributed by atoms with Gasteiger partial charge in [-0.2, -0.15) is 0 Å². The molecule has 19 heavy (non-hydrogen) atoms. The minimum Gasteiger partial charge on any atom is -0.387 e. The monoisotopic (exact) mass is 266 g/mol. The fourth-order valence-electron chi connectivity index (χ4n) is 1.73. The molecule has 0 radical (unpaired) electrons. The minimum absolute atomic E-state index is 0.0154. The first-order valence-corrected chi connectivity index (χ1v) is 6.35. The van der Waals surface area contributed by atoms with Gasteiger partial charge in [0, 0.05) is 19.7 Å². The molecule has 0 aliphatic heterocycles. The van der Waals surface area contributed by atoms with E-state index in [1.54, 1.807) is 7.11 Å². The molecule has 0 aromatic heterocycles. The highest BCUT2D eigenvalue weighted by atomic mass is 16.5. The Morgan fingerprint density at radius 3 is 2.68 bits per heavy atom. The van der Waals surface area contributed by atoms with Crippen LogP contribution in [0.5, 0.6) is 0 Å². The highest BCUT2D eigenvalue weighted by Gasteiger charge is 2.09. The highest BCUT2D eigenvalue weighted by Crippen LogP contribution is 2.10. The van der Waals surface area contributed by atoms with Crippen LogP contribution in [-0.4, -0.2) is 43.9 Å². The van der Waals surface area contributed by atoms with Gasteiger partial charge in [-0.15, -0.1) is 0 Å². The number of carbonyl (C=O) groups excluding carboxylic acids is 1. The maximum Gasteiger partial charge on any atom is 0.234 e. The second kappa shape index (κ2) is 8.63. The molecule has 0 saturated carbocycles. The van der Waals surface area contributed by atoms with Crippen molar-refractivity contribution in [3.8, 4) is 0 Å². The SMILES string of the molecule is COCC(C)NC(=O)CNCC(O)c1ccccc1. The number of hydrogen-bond acceptors (Lipinski definition) is 4. The van der Waals surface area contributed by atoms with E-state index in [1.807, 2.05) is 37.3 Å². The van der Waals surface area contributed by atoms with Gasteiger partial charge >= 0.3 is 0 Å².